The van der Waals surface area contributed by atoms with Crippen LogP contribution >= 0.6 is 0 Å². The zero-order valence-electron chi connectivity index (χ0n) is 16.0. The first-order valence-electron chi connectivity index (χ1n) is 10.0. The van der Waals surface area contributed by atoms with Gasteiger partial charge in [0.05, 0.1) is 5.69 Å². The fourth-order valence-electron chi connectivity index (χ4n) is 4.89. The van der Waals surface area contributed by atoms with Crippen LogP contribution in [0.2, 0.25) is 0 Å². The van der Waals surface area contributed by atoms with E-state index >= 15 is 0 Å². The summed E-state index contributed by atoms with van der Waals surface area (Å²) in [6, 6.07) is 9.77. The summed E-state index contributed by atoms with van der Waals surface area (Å²) in [5.74, 6) is 0.274. The van der Waals surface area contributed by atoms with Crippen LogP contribution < -0.4 is 5.32 Å². The normalized spacial score (nSPS) is 26.7. The summed E-state index contributed by atoms with van der Waals surface area (Å²) in [6.07, 6.45) is 4.47. The van der Waals surface area contributed by atoms with Crippen molar-refractivity contribution < 1.29 is 9.59 Å². The molecule has 0 radical (unpaired) electrons. The minimum atomic E-state index is -0.290. The van der Waals surface area contributed by atoms with E-state index in [2.05, 4.69) is 22.5 Å². The van der Waals surface area contributed by atoms with Crippen LogP contribution in [-0.4, -0.2) is 62.6 Å². The first kappa shape index (κ1) is 17.4. The monoisotopic (exact) mass is 379 g/mol. The van der Waals surface area contributed by atoms with Crippen molar-refractivity contribution in [3.63, 3.8) is 0 Å². The van der Waals surface area contributed by atoms with Gasteiger partial charge >= 0.3 is 0 Å². The molecule has 3 atom stereocenters. The summed E-state index contributed by atoms with van der Waals surface area (Å²) >= 11 is 0. The highest BCUT2D eigenvalue weighted by Gasteiger charge is 2.51. The highest BCUT2D eigenvalue weighted by atomic mass is 16.2. The van der Waals surface area contributed by atoms with Gasteiger partial charge in [-0.3, -0.25) is 14.3 Å². The van der Waals surface area contributed by atoms with Gasteiger partial charge in [-0.25, -0.2) is 0 Å². The number of nitrogens with zero attached hydrogens (tertiary/aromatic N) is 4. The van der Waals surface area contributed by atoms with Crippen LogP contribution in [0, 0.1) is 0 Å². The number of hydrogen-bond donors (Lipinski definition) is 1. The second kappa shape index (κ2) is 6.74. The Morgan fingerprint density at radius 2 is 1.89 bits per heavy atom. The molecule has 0 spiro atoms. The first-order valence-corrected chi connectivity index (χ1v) is 10.0. The number of piperazine rings is 1. The van der Waals surface area contributed by atoms with Gasteiger partial charge in [-0.15, -0.1) is 0 Å². The highest BCUT2D eigenvalue weighted by molar-refractivity contribution is 5.98. The number of aromatic nitrogens is 2. The van der Waals surface area contributed by atoms with E-state index in [4.69, 9.17) is 0 Å². The predicted molar refractivity (Wildman–Crippen MR) is 104 cm³/mol. The van der Waals surface area contributed by atoms with Crippen molar-refractivity contribution in [2.24, 2.45) is 7.05 Å². The minimum Gasteiger partial charge on any atom is -0.329 e. The minimum absolute atomic E-state index is 0.127. The summed E-state index contributed by atoms with van der Waals surface area (Å²) in [6.45, 7) is 2.01. The lowest BCUT2D eigenvalue weighted by Gasteiger charge is -2.38. The molecule has 7 heteroatoms. The molecule has 3 aliphatic heterocycles. The quantitative estimate of drug-likeness (QED) is 0.865. The standard InChI is InChI=1S/C21H25N5O2/c1-24-12-15(19(23-24)14-6-3-2-4-7-14)11-22-16-10-18-21(28)25-9-5-8-17(25)20(27)26(18)13-16/h2-4,6-7,12,16-18,22H,5,8-11,13H2,1H3/t16-,17+,18-/m0/s1. The molecular weight excluding hydrogens is 354 g/mol. The Morgan fingerprint density at radius 3 is 2.71 bits per heavy atom. The Bertz CT molecular complexity index is 879. The zero-order chi connectivity index (χ0) is 19.3. The lowest BCUT2D eigenvalue weighted by molar-refractivity contribution is -0.156. The molecule has 28 heavy (non-hydrogen) atoms. The number of aryl methyl sites for hydroxylation is 1. The third-order valence-electron chi connectivity index (χ3n) is 6.22. The van der Waals surface area contributed by atoms with Crippen molar-refractivity contribution in [3.8, 4) is 11.3 Å². The van der Waals surface area contributed by atoms with Crippen molar-refractivity contribution in [2.45, 2.75) is 43.9 Å². The Labute approximate surface area is 164 Å². The molecule has 0 unspecified atom stereocenters. The van der Waals surface area contributed by atoms with Crippen LogP contribution in [0.15, 0.2) is 36.5 Å². The van der Waals surface area contributed by atoms with Crippen LogP contribution in [-0.2, 0) is 23.2 Å². The number of nitrogens with one attached hydrogen (secondary N) is 1. The van der Waals surface area contributed by atoms with Crippen molar-refractivity contribution in [2.75, 3.05) is 13.1 Å². The molecule has 0 bridgehead atoms. The third kappa shape index (κ3) is 2.81. The van der Waals surface area contributed by atoms with E-state index in [-0.39, 0.29) is 29.9 Å². The Morgan fingerprint density at radius 1 is 1.11 bits per heavy atom. The lowest BCUT2D eigenvalue weighted by atomic mass is 10.1. The first-order chi connectivity index (χ1) is 13.6. The fraction of sp³-hybridized carbons (Fsp3) is 0.476. The van der Waals surface area contributed by atoms with Gasteiger partial charge in [0, 0.05) is 50.0 Å². The summed E-state index contributed by atoms with van der Waals surface area (Å²) in [5, 5.41) is 8.18. The molecule has 1 aromatic heterocycles. The van der Waals surface area contributed by atoms with Gasteiger partial charge in [-0.1, -0.05) is 30.3 Å². The maximum absolute atomic E-state index is 12.8. The van der Waals surface area contributed by atoms with Gasteiger partial charge in [0.15, 0.2) is 0 Å². The molecule has 1 aromatic carbocycles. The van der Waals surface area contributed by atoms with Crippen molar-refractivity contribution >= 4 is 11.8 Å². The van der Waals surface area contributed by atoms with Gasteiger partial charge in [0.25, 0.3) is 0 Å². The zero-order valence-corrected chi connectivity index (χ0v) is 16.0. The summed E-state index contributed by atoms with van der Waals surface area (Å²) in [4.78, 5) is 29.2. The molecule has 5 rings (SSSR count). The number of hydrogen-bond acceptors (Lipinski definition) is 4. The number of carbonyl (C=O) groups is 2. The molecule has 7 nitrogen and oxygen atoms in total. The van der Waals surface area contributed by atoms with E-state index in [1.807, 2.05) is 41.0 Å². The second-order valence-electron chi connectivity index (χ2n) is 8.05. The second-order valence-corrected chi connectivity index (χ2v) is 8.05. The average Bonchev–Trinajstić information content (AvgIpc) is 3.43. The molecule has 3 saturated heterocycles. The molecule has 3 aliphatic rings. The van der Waals surface area contributed by atoms with E-state index in [1.165, 1.54) is 0 Å². The lowest BCUT2D eigenvalue weighted by Crippen LogP contribution is -2.60. The number of fused-ring (bicyclic) bond motifs is 2. The van der Waals surface area contributed by atoms with Crippen LogP contribution in [0.5, 0.6) is 0 Å². The van der Waals surface area contributed by atoms with Gasteiger partial charge in [-0.2, -0.15) is 5.10 Å². The fourth-order valence-corrected chi connectivity index (χ4v) is 4.89. The number of amides is 2. The Hall–Kier alpha value is -2.67. The van der Waals surface area contributed by atoms with Crippen LogP contribution in [0.4, 0.5) is 0 Å². The van der Waals surface area contributed by atoms with E-state index in [0.29, 0.717) is 19.5 Å². The van der Waals surface area contributed by atoms with Crippen molar-refractivity contribution in [3.05, 3.63) is 42.1 Å². The molecule has 3 fully saturated rings. The summed E-state index contributed by atoms with van der Waals surface area (Å²) in [5.41, 5.74) is 3.19. The van der Waals surface area contributed by atoms with Crippen LogP contribution in [0.1, 0.15) is 24.8 Å². The molecule has 4 heterocycles. The van der Waals surface area contributed by atoms with E-state index < -0.39 is 0 Å². The molecule has 146 valence electrons. The highest BCUT2D eigenvalue weighted by Crippen LogP contribution is 2.32. The third-order valence-corrected chi connectivity index (χ3v) is 6.22. The topological polar surface area (TPSA) is 70.5 Å². The van der Waals surface area contributed by atoms with Gasteiger partial charge in [0.1, 0.15) is 12.1 Å². The predicted octanol–water partition coefficient (Wildman–Crippen LogP) is 1.15. The molecule has 2 aromatic rings. The van der Waals surface area contributed by atoms with Crippen LogP contribution in [0.25, 0.3) is 11.3 Å². The SMILES string of the molecule is Cn1cc(CN[C@H]2C[C@H]3C(=O)N4CCC[C@@H]4C(=O)N3C2)c(-c2ccccc2)n1. The molecule has 0 aliphatic carbocycles. The molecule has 1 N–H and O–H groups in total. The van der Waals surface area contributed by atoms with Crippen molar-refractivity contribution in [1.82, 2.24) is 24.9 Å². The Kier molecular flexibility index (Phi) is 4.19. The van der Waals surface area contributed by atoms with Gasteiger partial charge in [0.2, 0.25) is 11.8 Å². The summed E-state index contributed by atoms with van der Waals surface area (Å²) < 4.78 is 1.83. The van der Waals surface area contributed by atoms with Gasteiger partial charge < -0.3 is 15.1 Å². The maximum Gasteiger partial charge on any atom is 0.246 e. The molecule has 2 amide bonds. The number of benzene rings is 1. The number of carbonyl (C=O) groups excluding carboxylic acids is 2. The van der Waals surface area contributed by atoms with E-state index in [0.717, 1.165) is 36.2 Å². The molecular formula is C21H25N5O2. The Balaban J connectivity index is 1.29. The maximum atomic E-state index is 12.8. The number of rotatable bonds is 4. The van der Waals surface area contributed by atoms with E-state index in [1.54, 1.807) is 4.90 Å². The van der Waals surface area contributed by atoms with Crippen LogP contribution in [0.3, 0.4) is 0 Å². The van der Waals surface area contributed by atoms with Crippen molar-refractivity contribution in [1.29, 1.82) is 0 Å². The average molecular weight is 379 g/mol. The summed E-state index contributed by atoms with van der Waals surface area (Å²) in [7, 11) is 1.93. The van der Waals surface area contributed by atoms with Gasteiger partial charge in [-0.05, 0) is 19.3 Å². The van der Waals surface area contributed by atoms with E-state index in [9.17, 15) is 9.59 Å². The smallest absolute Gasteiger partial charge is 0.246 e. The largest absolute Gasteiger partial charge is 0.329 e. The molecule has 0 saturated carbocycles.